The lowest BCUT2D eigenvalue weighted by Gasteiger charge is -1.91. The first-order chi connectivity index (χ1) is 9.42. The number of aromatic nitrogens is 4. The van der Waals surface area contributed by atoms with Crippen LogP contribution in [-0.4, -0.2) is 14.5 Å². The van der Waals surface area contributed by atoms with Gasteiger partial charge in [-0.05, 0) is 18.2 Å². The number of oxazole rings is 1. The first-order valence-corrected chi connectivity index (χ1v) is 6.13. The van der Waals surface area contributed by atoms with E-state index in [-0.39, 0.29) is 0 Å². The van der Waals surface area contributed by atoms with Crippen LogP contribution < -0.4 is 4.40 Å². The second kappa shape index (κ2) is 3.00. The number of fused-ring (bicyclic) bond motifs is 7. The zero-order valence-electron chi connectivity index (χ0n) is 9.95. The summed E-state index contributed by atoms with van der Waals surface area (Å²) in [4.78, 5) is 8.46. The summed E-state index contributed by atoms with van der Waals surface area (Å²) in [7, 11) is 0. The number of hydrogen-bond acceptors (Lipinski definition) is 3. The molecule has 0 saturated heterocycles. The van der Waals surface area contributed by atoms with Gasteiger partial charge in [-0.2, -0.15) is 8.97 Å². The molecule has 1 aliphatic rings. The molecule has 90 valence electrons. The minimum atomic E-state index is 0.668. The van der Waals surface area contributed by atoms with E-state index in [1.165, 1.54) is 11.1 Å². The lowest BCUT2D eigenvalue weighted by atomic mass is 10.1. The Labute approximate surface area is 107 Å². The third-order valence-electron chi connectivity index (χ3n) is 3.69. The van der Waals surface area contributed by atoms with Gasteiger partial charge in [-0.3, -0.25) is 4.98 Å². The van der Waals surface area contributed by atoms with E-state index in [0.29, 0.717) is 5.71 Å². The van der Waals surface area contributed by atoms with E-state index < -0.39 is 0 Å². The molecule has 5 rings (SSSR count). The fourth-order valence-electron chi connectivity index (χ4n) is 2.82. The molecule has 0 fully saturated rings. The Bertz CT molecular complexity index is 951. The van der Waals surface area contributed by atoms with Crippen molar-refractivity contribution in [1.29, 1.82) is 0 Å². The third kappa shape index (κ3) is 1.03. The van der Waals surface area contributed by atoms with Crippen molar-refractivity contribution in [3.63, 3.8) is 0 Å². The quantitative estimate of drug-likeness (QED) is 0.393. The van der Waals surface area contributed by atoms with Crippen molar-refractivity contribution in [2.45, 2.75) is 6.54 Å². The summed E-state index contributed by atoms with van der Waals surface area (Å²) in [6, 6.07) is 5.99. The van der Waals surface area contributed by atoms with Crippen LogP contribution in [0.1, 0.15) is 5.56 Å². The summed E-state index contributed by atoms with van der Waals surface area (Å²) >= 11 is 0. The number of hydrogen-bond donors (Lipinski definition) is 0. The van der Waals surface area contributed by atoms with E-state index in [9.17, 15) is 0 Å². The topological polar surface area (TPSA) is 48.0 Å². The molecule has 5 heterocycles. The first-order valence-electron chi connectivity index (χ1n) is 6.13. The Morgan fingerprint density at radius 1 is 1.26 bits per heavy atom. The highest BCUT2D eigenvalue weighted by Crippen LogP contribution is 2.32. The van der Waals surface area contributed by atoms with E-state index in [1.54, 1.807) is 6.20 Å². The van der Waals surface area contributed by atoms with Crippen molar-refractivity contribution in [3.8, 4) is 11.3 Å². The molecule has 0 unspecified atom stereocenters. The van der Waals surface area contributed by atoms with Crippen molar-refractivity contribution in [3.05, 3.63) is 48.5 Å². The average Bonchev–Trinajstić information content (AvgIpc) is 3.07. The summed E-state index contributed by atoms with van der Waals surface area (Å²) in [5, 5.41) is 0. The highest BCUT2D eigenvalue weighted by Gasteiger charge is 2.32. The number of nitrogens with zero attached hydrogens (tertiary/aromatic N) is 4. The van der Waals surface area contributed by atoms with Gasteiger partial charge in [0.05, 0.1) is 5.56 Å². The summed E-state index contributed by atoms with van der Waals surface area (Å²) in [6.45, 7) is 0.823. The molecule has 0 atom stereocenters. The maximum atomic E-state index is 5.86. The highest BCUT2D eigenvalue weighted by molar-refractivity contribution is 5.71. The Kier molecular flexibility index (Phi) is 1.46. The Balaban J connectivity index is 1.93. The maximum Gasteiger partial charge on any atom is 0.469 e. The minimum Gasteiger partial charge on any atom is -0.368 e. The predicted octanol–water partition coefficient (Wildman–Crippen LogP) is 1.79. The molecule has 5 nitrogen and oxygen atoms in total. The van der Waals surface area contributed by atoms with E-state index in [4.69, 9.17) is 4.42 Å². The average molecular weight is 249 g/mol. The molecule has 0 N–H and O–H groups in total. The molecule has 0 bridgehead atoms. The van der Waals surface area contributed by atoms with Crippen LogP contribution in [0.2, 0.25) is 0 Å². The van der Waals surface area contributed by atoms with Gasteiger partial charge in [0.25, 0.3) is 5.71 Å². The molecule has 0 aliphatic carbocycles. The van der Waals surface area contributed by atoms with Gasteiger partial charge in [0, 0.05) is 24.2 Å². The zero-order chi connectivity index (χ0) is 12.4. The summed E-state index contributed by atoms with van der Waals surface area (Å²) in [5.74, 6) is 0.819. The van der Waals surface area contributed by atoms with E-state index >= 15 is 0 Å². The molecule has 4 aromatic heterocycles. The van der Waals surface area contributed by atoms with Crippen LogP contribution in [0.3, 0.4) is 0 Å². The van der Waals surface area contributed by atoms with Crippen LogP contribution in [0.4, 0.5) is 0 Å². The van der Waals surface area contributed by atoms with Gasteiger partial charge < -0.3 is 4.42 Å². The molecule has 0 radical (unpaired) electrons. The standard InChI is InChI=1S/C14H9N4O/c1-2-11-13(16-4-1)19-14-17-7-9-3-5-15-6-10(9)12(17)8-18(11)14/h1-6,8H,7H2/q+1. The van der Waals surface area contributed by atoms with Gasteiger partial charge >= 0.3 is 5.84 Å². The van der Waals surface area contributed by atoms with Crippen LogP contribution in [0.15, 0.2) is 47.4 Å². The molecule has 4 aromatic rings. The second-order valence-electron chi connectivity index (χ2n) is 4.72. The Morgan fingerprint density at radius 3 is 3.26 bits per heavy atom. The van der Waals surface area contributed by atoms with Crippen molar-refractivity contribution < 1.29 is 8.82 Å². The number of pyridine rings is 2. The van der Waals surface area contributed by atoms with E-state index in [0.717, 1.165) is 23.6 Å². The van der Waals surface area contributed by atoms with Crippen molar-refractivity contribution >= 4 is 17.1 Å². The van der Waals surface area contributed by atoms with Gasteiger partial charge in [-0.25, -0.2) is 4.98 Å². The molecule has 1 aliphatic heterocycles. The fourth-order valence-corrected chi connectivity index (χ4v) is 2.82. The van der Waals surface area contributed by atoms with E-state index in [2.05, 4.69) is 26.8 Å². The molecular formula is C14H9N4O+. The SMILES string of the molecule is c1cnc2oc3n4c(c[n+]3c2c1)-c1cnccc1C4. The monoisotopic (exact) mass is 249 g/mol. The van der Waals surface area contributed by atoms with E-state index in [1.807, 2.05) is 28.9 Å². The van der Waals surface area contributed by atoms with Gasteiger partial charge in [-0.15, -0.1) is 0 Å². The lowest BCUT2D eigenvalue weighted by molar-refractivity contribution is -0.484. The van der Waals surface area contributed by atoms with Gasteiger partial charge in [-0.1, -0.05) is 0 Å². The second-order valence-corrected chi connectivity index (χ2v) is 4.72. The number of imidazole rings is 1. The Morgan fingerprint density at radius 2 is 2.26 bits per heavy atom. The van der Waals surface area contributed by atoms with Crippen LogP contribution in [0.25, 0.3) is 28.3 Å². The van der Waals surface area contributed by atoms with Crippen LogP contribution in [0.5, 0.6) is 0 Å². The number of rotatable bonds is 0. The molecule has 19 heavy (non-hydrogen) atoms. The molecule has 0 spiro atoms. The normalized spacial score (nSPS) is 13.1. The first kappa shape index (κ1) is 9.27. The van der Waals surface area contributed by atoms with Crippen LogP contribution in [-0.2, 0) is 6.54 Å². The smallest absolute Gasteiger partial charge is 0.368 e. The molecule has 0 aromatic carbocycles. The maximum absolute atomic E-state index is 5.86. The van der Waals surface area contributed by atoms with Crippen molar-refractivity contribution in [2.24, 2.45) is 0 Å². The molecule has 5 heteroatoms. The largest absolute Gasteiger partial charge is 0.469 e. The lowest BCUT2D eigenvalue weighted by Crippen LogP contribution is -2.16. The molecule has 0 amide bonds. The van der Waals surface area contributed by atoms with Crippen LogP contribution in [0, 0.1) is 0 Å². The minimum absolute atomic E-state index is 0.668. The van der Waals surface area contributed by atoms with Gasteiger partial charge in [0.1, 0.15) is 12.7 Å². The summed E-state index contributed by atoms with van der Waals surface area (Å²) < 4.78 is 10.1. The highest BCUT2D eigenvalue weighted by atomic mass is 16.4. The molecule has 0 saturated carbocycles. The predicted molar refractivity (Wildman–Crippen MR) is 67.5 cm³/mol. The third-order valence-corrected chi connectivity index (χ3v) is 3.69. The molecular weight excluding hydrogens is 240 g/mol. The summed E-state index contributed by atoms with van der Waals surface area (Å²) in [6.07, 6.45) is 7.58. The van der Waals surface area contributed by atoms with Crippen molar-refractivity contribution in [2.75, 3.05) is 0 Å². The fraction of sp³-hybridized carbons (Fsp3) is 0.0714. The van der Waals surface area contributed by atoms with Gasteiger partial charge in [0.2, 0.25) is 0 Å². The zero-order valence-corrected chi connectivity index (χ0v) is 9.95. The van der Waals surface area contributed by atoms with Crippen molar-refractivity contribution in [1.82, 2.24) is 14.5 Å². The Hall–Kier alpha value is -2.69. The van der Waals surface area contributed by atoms with Gasteiger partial charge in [0.15, 0.2) is 11.2 Å². The summed E-state index contributed by atoms with van der Waals surface area (Å²) in [5.41, 5.74) is 5.26. The van der Waals surface area contributed by atoms with Crippen LogP contribution >= 0.6 is 0 Å².